The van der Waals surface area contributed by atoms with Gasteiger partial charge in [-0.25, -0.2) is 0 Å². The first-order chi connectivity index (χ1) is 9.50. The first kappa shape index (κ1) is 15.0. The van der Waals surface area contributed by atoms with Gasteiger partial charge in [0.25, 0.3) is 0 Å². The fourth-order valence-corrected chi connectivity index (χ4v) is 2.62. The van der Waals surface area contributed by atoms with Crippen LogP contribution >= 0.6 is 11.6 Å². The van der Waals surface area contributed by atoms with Gasteiger partial charge in [-0.3, -0.25) is 4.68 Å². The molecule has 1 unspecified atom stereocenters. The Labute approximate surface area is 123 Å². The molecule has 0 fully saturated rings. The molecule has 0 amide bonds. The Morgan fingerprint density at radius 1 is 1.35 bits per heavy atom. The number of nitrogens with zero attached hydrogens (tertiary/aromatic N) is 2. The van der Waals surface area contributed by atoms with Gasteiger partial charge in [0.2, 0.25) is 0 Å². The molecule has 0 saturated carbocycles. The fraction of sp³-hybridized carbons (Fsp3) is 0.400. The SMILES string of the molecule is COCC(O)(c1ccccc1)c1c(Cl)cnn1C(C)C. The summed E-state index contributed by atoms with van der Waals surface area (Å²) < 4.78 is 6.96. The molecule has 0 spiro atoms. The van der Waals surface area contributed by atoms with E-state index in [1.54, 1.807) is 18.0 Å². The summed E-state index contributed by atoms with van der Waals surface area (Å²) in [5.74, 6) is 0. The van der Waals surface area contributed by atoms with Gasteiger partial charge in [0, 0.05) is 13.2 Å². The van der Waals surface area contributed by atoms with Crippen molar-refractivity contribution in [2.75, 3.05) is 13.7 Å². The Hall–Kier alpha value is -1.36. The molecule has 20 heavy (non-hydrogen) atoms. The zero-order chi connectivity index (χ0) is 14.8. The summed E-state index contributed by atoms with van der Waals surface area (Å²) in [6.45, 7) is 4.09. The van der Waals surface area contributed by atoms with Crippen LogP contribution < -0.4 is 0 Å². The molecule has 108 valence electrons. The summed E-state index contributed by atoms with van der Waals surface area (Å²) in [5, 5.41) is 15.9. The van der Waals surface area contributed by atoms with Crippen molar-refractivity contribution in [2.45, 2.75) is 25.5 Å². The van der Waals surface area contributed by atoms with Crippen molar-refractivity contribution in [3.8, 4) is 0 Å². The lowest BCUT2D eigenvalue weighted by Crippen LogP contribution is -2.36. The molecule has 0 saturated heterocycles. The van der Waals surface area contributed by atoms with Crippen LogP contribution in [0.1, 0.15) is 31.1 Å². The first-order valence-electron chi connectivity index (χ1n) is 6.51. The van der Waals surface area contributed by atoms with Gasteiger partial charge in [-0.15, -0.1) is 0 Å². The van der Waals surface area contributed by atoms with Crippen LogP contribution in [-0.4, -0.2) is 28.6 Å². The third kappa shape index (κ3) is 2.59. The van der Waals surface area contributed by atoms with E-state index in [1.807, 2.05) is 44.2 Å². The van der Waals surface area contributed by atoms with E-state index in [0.29, 0.717) is 10.7 Å². The molecule has 1 aromatic carbocycles. The molecule has 0 bridgehead atoms. The Bertz CT molecular complexity index is 569. The molecule has 2 aromatic rings. The predicted octanol–water partition coefficient (Wildman–Crippen LogP) is 3.00. The van der Waals surface area contributed by atoms with E-state index in [1.165, 1.54) is 0 Å². The average molecular weight is 295 g/mol. The molecule has 1 N–H and O–H groups in total. The molecule has 2 rings (SSSR count). The lowest BCUT2D eigenvalue weighted by molar-refractivity contribution is -0.0102. The van der Waals surface area contributed by atoms with E-state index in [-0.39, 0.29) is 12.6 Å². The second-order valence-electron chi connectivity index (χ2n) is 5.04. The number of halogens is 1. The number of hydrogen-bond donors (Lipinski definition) is 1. The fourth-order valence-electron chi connectivity index (χ4n) is 2.33. The maximum atomic E-state index is 11.2. The minimum absolute atomic E-state index is 0.0876. The van der Waals surface area contributed by atoms with E-state index < -0.39 is 5.60 Å². The van der Waals surface area contributed by atoms with E-state index in [9.17, 15) is 5.11 Å². The van der Waals surface area contributed by atoms with Crippen molar-refractivity contribution in [2.24, 2.45) is 0 Å². The van der Waals surface area contributed by atoms with Gasteiger partial charge in [-0.2, -0.15) is 5.10 Å². The number of benzene rings is 1. The minimum atomic E-state index is -1.33. The van der Waals surface area contributed by atoms with Crippen LogP contribution in [0.4, 0.5) is 0 Å². The topological polar surface area (TPSA) is 47.3 Å². The number of hydrogen-bond acceptors (Lipinski definition) is 3. The van der Waals surface area contributed by atoms with Gasteiger partial charge in [0.1, 0.15) is 0 Å². The van der Waals surface area contributed by atoms with Crippen molar-refractivity contribution in [3.05, 3.63) is 52.8 Å². The predicted molar refractivity (Wildman–Crippen MR) is 78.9 cm³/mol. The van der Waals surface area contributed by atoms with Crippen molar-refractivity contribution in [1.29, 1.82) is 0 Å². The van der Waals surface area contributed by atoms with Crippen LogP contribution in [0.5, 0.6) is 0 Å². The van der Waals surface area contributed by atoms with Crippen molar-refractivity contribution >= 4 is 11.6 Å². The number of ether oxygens (including phenoxy) is 1. The second kappa shape index (κ2) is 5.95. The molecule has 4 nitrogen and oxygen atoms in total. The van der Waals surface area contributed by atoms with Gasteiger partial charge >= 0.3 is 0 Å². The van der Waals surface area contributed by atoms with Gasteiger partial charge in [-0.05, 0) is 19.4 Å². The van der Waals surface area contributed by atoms with Crippen molar-refractivity contribution in [3.63, 3.8) is 0 Å². The van der Waals surface area contributed by atoms with E-state index in [0.717, 1.165) is 5.56 Å². The average Bonchev–Trinajstić information content (AvgIpc) is 2.82. The summed E-state index contributed by atoms with van der Waals surface area (Å²) in [6.07, 6.45) is 1.56. The standard InChI is InChI=1S/C15H19ClN2O2/c1-11(2)18-14(13(16)9-17-18)15(19,10-20-3)12-7-5-4-6-8-12/h4-9,11,19H,10H2,1-3H3. The van der Waals surface area contributed by atoms with Crippen LogP contribution in [0.2, 0.25) is 5.02 Å². The van der Waals surface area contributed by atoms with Gasteiger partial charge in [0.15, 0.2) is 5.60 Å². The quantitative estimate of drug-likeness (QED) is 0.922. The highest BCUT2D eigenvalue weighted by Crippen LogP contribution is 2.35. The van der Waals surface area contributed by atoms with Gasteiger partial charge in [-0.1, -0.05) is 41.9 Å². The smallest absolute Gasteiger partial charge is 0.156 e. The molecule has 0 radical (unpaired) electrons. The molecule has 1 heterocycles. The largest absolute Gasteiger partial charge is 0.381 e. The lowest BCUT2D eigenvalue weighted by atomic mass is 9.90. The highest BCUT2D eigenvalue weighted by atomic mass is 35.5. The van der Waals surface area contributed by atoms with E-state index in [2.05, 4.69) is 5.10 Å². The molecule has 1 aromatic heterocycles. The molecular weight excluding hydrogens is 276 g/mol. The number of rotatable bonds is 5. The van der Waals surface area contributed by atoms with Crippen LogP contribution in [0.15, 0.2) is 36.5 Å². The number of aliphatic hydroxyl groups is 1. The van der Waals surface area contributed by atoms with Crippen molar-refractivity contribution < 1.29 is 9.84 Å². The van der Waals surface area contributed by atoms with Crippen LogP contribution in [0.25, 0.3) is 0 Å². The zero-order valence-electron chi connectivity index (χ0n) is 11.9. The Morgan fingerprint density at radius 3 is 2.55 bits per heavy atom. The maximum absolute atomic E-state index is 11.2. The maximum Gasteiger partial charge on any atom is 0.156 e. The minimum Gasteiger partial charge on any atom is -0.381 e. The molecule has 0 aliphatic heterocycles. The normalized spacial score (nSPS) is 14.5. The molecule has 5 heteroatoms. The summed E-state index contributed by atoms with van der Waals surface area (Å²) in [6, 6.07) is 9.45. The summed E-state index contributed by atoms with van der Waals surface area (Å²) in [5.41, 5.74) is -0.0400. The summed E-state index contributed by atoms with van der Waals surface area (Å²) >= 11 is 6.26. The third-order valence-electron chi connectivity index (χ3n) is 3.24. The molecule has 0 aliphatic carbocycles. The van der Waals surface area contributed by atoms with Crippen LogP contribution in [-0.2, 0) is 10.3 Å². The Morgan fingerprint density at radius 2 is 2.00 bits per heavy atom. The zero-order valence-corrected chi connectivity index (χ0v) is 12.6. The lowest BCUT2D eigenvalue weighted by Gasteiger charge is -2.30. The van der Waals surface area contributed by atoms with Crippen LogP contribution in [0, 0.1) is 0 Å². The second-order valence-corrected chi connectivity index (χ2v) is 5.45. The highest BCUT2D eigenvalue weighted by Gasteiger charge is 2.37. The van der Waals surface area contributed by atoms with E-state index in [4.69, 9.17) is 16.3 Å². The van der Waals surface area contributed by atoms with Gasteiger partial charge in [0.05, 0.1) is 23.5 Å². The third-order valence-corrected chi connectivity index (χ3v) is 3.51. The number of aromatic nitrogens is 2. The number of methoxy groups -OCH3 is 1. The molecular formula is C15H19ClN2O2. The van der Waals surface area contributed by atoms with Crippen LogP contribution in [0.3, 0.4) is 0 Å². The Kier molecular flexibility index (Phi) is 4.48. The summed E-state index contributed by atoms with van der Waals surface area (Å²) in [4.78, 5) is 0. The monoisotopic (exact) mass is 294 g/mol. The highest BCUT2D eigenvalue weighted by molar-refractivity contribution is 6.31. The van der Waals surface area contributed by atoms with Gasteiger partial charge < -0.3 is 9.84 Å². The first-order valence-corrected chi connectivity index (χ1v) is 6.89. The van der Waals surface area contributed by atoms with Crippen molar-refractivity contribution in [1.82, 2.24) is 9.78 Å². The molecule has 0 aliphatic rings. The Balaban J connectivity index is 2.62. The van der Waals surface area contributed by atoms with E-state index >= 15 is 0 Å². The molecule has 1 atom stereocenters. The summed E-state index contributed by atoms with van der Waals surface area (Å²) in [7, 11) is 1.55.